The molecule has 0 aliphatic carbocycles. The minimum absolute atomic E-state index is 0.277. The normalized spacial score (nSPS) is 24.3. The van der Waals surface area contributed by atoms with E-state index in [2.05, 4.69) is 9.89 Å². The summed E-state index contributed by atoms with van der Waals surface area (Å²) >= 11 is 0. The molecule has 0 N–H and O–H groups in total. The molecule has 2 fully saturated rings. The molecule has 0 bridgehead atoms. The molecule has 10 heteroatoms. The molecule has 3 heterocycles. The maximum Gasteiger partial charge on any atom is 0.409 e. The standard InChI is InChI=1S/C15H23N6O4/c1-4-25-15(24)20-7-5-19(6-8-20)10-21-9-16-12-11(21)13(22)18(3)14(23)17(12)2/h9,11H,4-8,10H2,1-3H3/q+1. The molecule has 3 rings (SSSR count). The highest BCUT2D eigenvalue weighted by Gasteiger charge is 2.50. The Morgan fingerprint density at radius 1 is 1.24 bits per heavy atom. The monoisotopic (exact) mass is 351 g/mol. The Bertz CT molecular complexity index is 652. The van der Waals surface area contributed by atoms with Crippen LogP contribution in [0.4, 0.5) is 9.59 Å². The molecule has 1 atom stereocenters. The number of imide groups is 1. The molecule has 10 nitrogen and oxygen atoms in total. The van der Waals surface area contributed by atoms with E-state index in [0.717, 1.165) is 4.90 Å². The molecule has 2 saturated heterocycles. The number of fused-ring (bicyclic) bond motifs is 1. The minimum atomic E-state index is -0.573. The van der Waals surface area contributed by atoms with Crippen molar-refractivity contribution < 1.29 is 23.7 Å². The summed E-state index contributed by atoms with van der Waals surface area (Å²) in [6.45, 7) is 5.19. The number of rotatable bonds is 3. The molecule has 0 aromatic carbocycles. The predicted octanol–water partition coefficient (Wildman–Crippen LogP) is -0.937. The van der Waals surface area contributed by atoms with Gasteiger partial charge in [-0.15, -0.1) is 0 Å². The Kier molecular flexibility index (Phi) is 4.71. The Labute approximate surface area is 145 Å². The first-order valence-corrected chi connectivity index (χ1v) is 8.30. The van der Waals surface area contributed by atoms with Crippen molar-refractivity contribution in [3.63, 3.8) is 0 Å². The van der Waals surface area contributed by atoms with Crippen LogP contribution in [0.3, 0.4) is 0 Å². The van der Waals surface area contributed by atoms with Gasteiger partial charge >= 0.3 is 12.1 Å². The summed E-state index contributed by atoms with van der Waals surface area (Å²) in [5.74, 6) is 0.180. The zero-order chi connectivity index (χ0) is 18.1. The van der Waals surface area contributed by atoms with Gasteiger partial charge in [-0.2, -0.15) is 0 Å². The third-order valence-electron chi connectivity index (χ3n) is 4.66. The van der Waals surface area contributed by atoms with Crippen molar-refractivity contribution in [1.29, 1.82) is 0 Å². The lowest BCUT2D eigenvalue weighted by atomic mass is 10.1. The molecule has 0 radical (unpaired) electrons. The molecule has 0 aromatic rings. The highest BCUT2D eigenvalue weighted by molar-refractivity contribution is 6.21. The fourth-order valence-corrected chi connectivity index (χ4v) is 3.18. The highest BCUT2D eigenvalue weighted by Crippen LogP contribution is 2.17. The topological polar surface area (TPSA) is 88.8 Å². The van der Waals surface area contributed by atoms with Crippen molar-refractivity contribution >= 4 is 30.2 Å². The van der Waals surface area contributed by atoms with E-state index in [9.17, 15) is 14.4 Å². The van der Waals surface area contributed by atoms with E-state index in [-0.39, 0.29) is 18.0 Å². The first-order chi connectivity index (χ1) is 11.9. The van der Waals surface area contributed by atoms with Crippen LogP contribution in [-0.2, 0) is 9.53 Å². The average Bonchev–Trinajstić information content (AvgIpc) is 3.02. The number of carbonyl (C=O) groups excluding carboxylic acids is 3. The van der Waals surface area contributed by atoms with Crippen molar-refractivity contribution in [1.82, 2.24) is 19.6 Å². The number of amidine groups is 1. The number of amides is 4. The van der Waals surface area contributed by atoms with E-state index in [0.29, 0.717) is 45.3 Å². The van der Waals surface area contributed by atoms with E-state index in [1.54, 1.807) is 25.2 Å². The van der Waals surface area contributed by atoms with Gasteiger partial charge in [0.25, 0.3) is 24.1 Å². The fraction of sp³-hybridized carbons (Fsp3) is 0.667. The van der Waals surface area contributed by atoms with Crippen LogP contribution in [0.2, 0.25) is 0 Å². The lowest BCUT2D eigenvalue weighted by Gasteiger charge is -2.35. The maximum atomic E-state index is 12.5. The molecule has 25 heavy (non-hydrogen) atoms. The number of hydrogen-bond donors (Lipinski definition) is 0. The molecule has 3 aliphatic heterocycles. The lowest BCUT2D eigenvalue weighted by molar-refractivity contribution is -0.552. The van der Waals surface area contributed by atoms with Crippen LogP contribution >= 0.6 is 0 Å². The van der Waals surface area contributed by atoms with E-state index in [4.69, 9.17) is 4.74 Å². The minimum Gasteiger partial charge on any atom is -0.450 e. The molecule has 0 spiro atoms. The Morgan fingerprint density at radius 3 is 2.56 bits per heavy atom. The lowest BCUT2D eigenvalue weighted by Crippen LogP contribution is -2.62. The molecule has 0 aromatic heterocycles. The molecule has 0 saturated carbocycles. The number of aliphatic imine (C=N–C) groups is 1. The maximum absolute atomic E-state index is 12.5. The quantitative estimate of drug-likeness (QED) is 0.613. The van der Waals surface area contributed by atoms with Crippen LogP contribution in [0.25, 0.3) is 0 Å². The summed E-state index contributed by atoms with van der Waals surface area (Å²) in [5.41, 5.74) is 0. The van der Waals surface area contributed by atoms with Crippen LogP contribution in [0.15, 0.2) is 4.99 Å². The summed E-state index contributed by atoms with van der Waals surface area (Å²) < 4.78 is 6.84. The van der Waals surface area contributed by atoms with Crippen LogP contribution in [0.5, 0.6) is 0 Å². The highest BCUT2D eigenvalue weighted by atomic mass is 16.6. The molecule has 136 valence electrons. The third kappa shape index (κ3) is 3.09. The number of hydrogen-bond acceptors (Lipinski definition) is 6. The van der Waals surface area contributed by atoms with E-state index in [1.165, 1.54) is 11.9 Å². The largest absolute Gasteiger partial charge is 0.450 e. The average molecular weight is 351 g/mol. The summed E-state index contributed by atoms with van der Waals surface area (Å²) in [6, 6.07) is -0.950. The summed E-state index contributed by atoms with van der Waals surface area (Å²) in [5, 5.41) is 0. The van der Waals surface area contributed by atoms with Crippen molar-refractivity contribution in [3.8, 4) is 0 Å². The second-order valence-corrected chi connectivity index (χ2v) is 6.20. The molecule has 1 unspecified atom stereocenters. The Hall–Kier alpha value is -2.49. The Morgan fingerprint density at radius 2 is 1.92 bits per heavy atom. The van der Waals surface area contributed by atoms with E-state index in [1.807, 2.05) is 4.58 Å². The van der Waals surface area contributed by atoms with E-state index < -0.39 is 6.04 Å². The van der Waals surface area contributed by atoms with Gasteiger partial charge in [-0.25, -0.2) is 14.2 Å². The number of ether oxygens (including phenoxy) is 1. The number of carbonyl (C=O) groups is 3. The molecular formula is C15H23N6O4+. The van der Waals surface area contributed by atoms with Gasteiger partial charge in [0, 0.05) is 40.3 Å². The second-order valence-electron chi connectivity index (χ2n) is 6.20. The van der Waals surface area contributed by atoms with Crippen LogP contribution in [0.1, 0.15) is 6.92 Å². The number of nitrogens with zero attached hydrogens (tertiary/aromatic N) is 6. The second kappa shape index (κ2) is 6.79. The number of urea groups is 1. The summed E-state index contributed by atoms with van der Waals surface area (Å²) in [6.07, 6.45) is 1.32. The van der Waals surface area contributed by atoms with Crippen LogP contribution in [0, 0.1) is 0 Å². The van der Waals surface area contributed by atoms with Gasteiger partial charge in [-0.05, 0) is 11.9 Å². The van der Waals surface area contributed by atoms with Crippen molar-refractivity contribution in [3.05, 3.63) is 0 Å². The molecular weight excluding hydrogens is 328 g/mol. The van der Waals surface area contributed by atoms with Crippen molar-refractivity contribution in [2.75, 3.05) is 53.5 Å². The SMILES string of the molecule is CCOC(=O)N1CCN(C[N+]2=CN=C3C2C(=O)N(C)C(=O)N3C)CC1. The van der Waals surface area contributed by atoms with Crippen LogP contribution in [-0.4, -0.2) is 114 Å². The third-order valence-corrected chi connectivity index (χ3v) is 4.66. The predicted molar refractivity (Wildman–Crippen MR) is 88.5 cm³/mol. The summed E-state index contributed by atoms with van der Waals surface area (Å²) in [7, 11) is 3.10. The van der Waals surface area contributed by atoms with E-state index >= 15 is 0 Å². The van der Waals surface area contributed by atoms with Gasteiger partial charge in [0.05, 0.1) is 6.61 Å². The van der Waals surface area contributed by atoms with Gasteiger partial charge in [-0.1, -0.05) is 0 Å². The summed E-state index contributed by atoms with van der Waals surface area (Å²) in [4.78, 5) is 46.8. The van der Waals surface area contributed by atoms with Gasteiger partial charge in [-0.3, -0.25) is 19.5 Å². The van der Waals surface area contributed by atoms with Crippen molar-refractivity contribution in [2.24, 2.45) is 4.99 Å². The number of piperazine rings is 1. The molecule has 4 amide bonds. The van der Waals surface area contributed by atoms with Gasteiger partial charge < -0.3 is 9.64 Å². The zero-order valence-corrected chi connectivity index (χ0v) is 14.7. The van der Waals surface area contributed by atoms with Crippen LogP contribution < -0.4 is 0 Å². The number of likely N-dealkylation sites (N-methyl/N-ethyl adjacent to an activating group) is 2. The zero-order valence-electron chi connectivity index (χ0n) is 14.7. The van der Waals surface area contributed by atoms with Crippen molar-refractivity contribution in [2.45, 2.75) is 13.0 Å². The Balaban J connectivity index is 1.60. The van der Waals surface area contributed by atoms with Gasteiger partial charge in [0.1, 0.15) is 6.67 Å². The fourth-order valence-electron chi connectivity index (χ4n) is 3.18. The smallest absolute Gasteiger partial charge is 0.409 e. The van der Waals surface area contributed by atoms with Gasteiger partial charge in [0.15, 0.2) is 0 Å². The van der Waals surface area contributed by atoms with Gasteiger partial charge in [0.2, 0.25) is 0 Å². The molecule has 3 aliphatic rings. The first kappa shape index (κ1) is 17.3. The first-order valence-electron chi connectivity index (χ1n) is 8.30.